The molecule has 3 N–H and O–H groups in total. The molecular formula is C21H27FN2O2. The van der Waals surface area contributed by atoms with Crippen LogP contribution in [-0.4, -0.2) is 29.0 Å². The van der Waals surface area contributed by atoms with E-state index < -0.39 is 6.10 Å². The van der Waals surface area contributed by atoms with Crippen LogP contribution in [0.1, 0.15) is 43.5 Å². The highest BCUT2D eigenvalue weighted by Crippen LogP contribution is 2.19. The molecule has 0 spiro atoms. The van der Waals surface area contributed by atoms with E-state index in [-0.39, 0.29) is 36.6 Å². The molecular weight excluding hydrogens is 331 g/mol. The number of aliphatic hydroxyl groups excluding tert-OH is 1. The Bertz CT molecular complexity index is 689. The van der Waals surface area contributed by atoms with Crippen LogP contribution < -0.4 is 5.73 Å². The van der Waals surface area contributed by atoms with Gasteiger partial charge in [0.15, 0.2) is 0 Å². The lowest BCUT2D eigenvalue weighted by Gasteiger charge is -2.28. The highest BCUT2D eigenvalue weighted by Gasteiger charge is 2.22. The Morgan fingerprint density at radius 2 is 1.65 bits per heavy atom. The molecule has 0 bridgehead atoms. The van der Waals surface area contributed by atoms with E-state index in [4.69, 9.17) is 5.73 Å². The first-order valence-electron chi connectivity index (χ1n) is 8.88. The van der Waals surface area contributed by atoms with E-state index in [1.54, 1.807) is 4.90 Å². The molecule has 0 aliphatic carbocycles. The van der Waals surface area contributed by atoms with Gasteiger partial charge in [-0.15, -0.1) is 0 Å². The highest BCUT2D eigenvalue weighted by molar-refractivity contribution is 5.77. The van der Waals surface area contributed by atoms with Crippen LogP contribution in [0.15, 0.2) is 54.6 Å². The maximum atomic E-state index is 13.1. The minimum Gasteiger partial charge on any atom is -0.387 e. The van der Waals surface area contributed by atoms with Crippen LogP contribution in [0.5, 0.6) is 0 Å². The van der Waals surface area contributed by atoms with E-state index in [0.717, 1.165) is 5.56 Å². The summed E-state index contributed by atoms with van der Waals surface area (Å²) in [5.41, 5.74) is 7.66. The molecule has 2 rings (SSSR count). The minimum absolute atomic E-state index is 0.101. The first-order valence-corrected chi connectivity index (χ1v) is 8.88. The number of hydrogen-bond donors (Lipinski definition) is 2. The molecule has 26 heavy (non-hydrogen) atoms. The van der Waals surface area contributed by atoms with Crippen LogP contribution in [0.3, 0.4) is 0 Å². The number of nitrogens with zero attached hydrogens (tertiary/aromatic N) is 1. The molecule has 0 aromatic heterocycles. The van der Waals surface area contributed by atoms with Crippen LogP contribution in [0.2, 0.25) is 0 Å². The maximum Gasteiger partial charge on any atom is 0.224 e. The summed E-state index contributed by atoms with van der Waals surface area (Å²) in [5.74, 6) is -0.201. The maximum absolute atomic E-state index is 13.1. The summed E-state index contributed by atoms with van der Waals surface area (Å²) in [6, 6.07) is 14.8. The van der Waals surface area contributed by atoms with E-state index in [9.17, 15) is 14.3 Å². The topological polar surface area (TPSA) is 66.6 Å². The van der Waals surface area contributed by atoms with Crippen molar-refractivity contribution in [1.82, 2.24) is 4.90 Å². The van der Waals surface area contributed by atoms with Gasteiger partial charge in [-0.25, -0.2) is 4.39 Å². The third kappa shape index (κ3) is 5.93. The van der Waals surface area contributed by atoms with Gasteiger partial charge in [0, 0.05) is 19.0 Å². The lowest BCUT2D eigenvalue weighted by Crippen LogP contribution is -2.38. The Morgan fingerprint density at radius 3 is 2.23 bits per heavy atom. The van der Waals surface area contributed by atoms with Gasteiger partial charge in [-0.05, 0) is 29.2 Å². The SMILES string of the molecule is CC(C)CN(CC(O)c1ccc(F)cc1)C(=O)CC(N)c1ccccc1. The van der Waals surface area contributed by atoms with Crippen molar-refractivity contribution >= 4 is 5.91 Å². The third-order valence-electron chi connectivity index (χ3n) is 4.21. The van der Waals surface area contributed by atoms with E-state index in [0.29, 0.717) is 12.1 Å². The second-order valence-electron chi connectivity index (χ2n) is 6.98. The fraction of sp³-hybridized carbons (Fsp3) is 0.381. The number of amides is 1. The normalized spacial score (nSPS) is 13.5. The minimum atomic E-state index is -0.869. The number of carbonyl (C=O) groups is 1. The van der Waals surface area contributed by atoms with Crippen molar-refractivity contribution < 1.29 is 14.3 Å². The smallest absolute Gasteiger partial charge is 0.224 e. The average molecular weight is 358 g/mol. The van der Waals surface area contributed by atoms with Crippen molar-refractivity contribution in [2.75, 3.05) is 13.1 Å². The Hall–Kier alpha value is -2.24. The van der Waals surface area contributed by atoms with Gasteiger partial charge in [0.05, 0.1) is 12.6 Å². The molecule has 4 nitrogen and oxygen atoms in total. The van der Waals surface area contributed by atoms with Gasteiger partial charge in [0.2, 0.25) is 5.91 Å². The molecule has 140 valence electrons. The van der Waals surface area contributed by atoms with Gasteiger partial charge in [-0.1, -0.05) is 56.3 Å². The Morgan fingerprint density at radius 1 is 1.04 bits per heavy atom. The molecule has 2 aromatic carbocycles. The first kappa shape index (κ1) is 20.1. The quantitative estimate of drug-likeness (QED) is 0.760. The highest BCUT2D eigenvalue weighted by atomic mass is 19.1. The molecule has 1 amide bonds. The molecule has 2 unspecified atom stereocenters. The largest absolute Gasteiger partial charge is 0.387 e. The molecule has 0 heterocycles. The molecule has 5 heteroatoms. The number of rotatable bonds is 8. The van der Waals surface area contributed by atoms with Gasteiger partial charge in [0.25, 0.3) is 0 Å². The van der Waals surface area contributed by atoms with Crippen molar-refractivity contribution in [1.29, 1.82) is 0 Å². The summed E-state index contributed by atoms with van der Waals surface area (Å²) < 4.78 is 13.1. The third-order valence-corrected chi connectivity index (χ3v) is 4.21. The Labute approximate surface area is 154 Å². The van der Waals surface area contributed by atoms with Crippen molar-refractivity contribution in [3.05, 3.63) is 71.5 Å². The zero-order valence-corrected chi connectivity index (χ0v) is 15.3. The zero-order valence-electron chi connectivity index (χ0n) is 15.3. The summed E-state index contributed by atoms with van der Waals surface area (Å²) in [6.07, 6.45) is -0.696. The Kier molecular flexibility index (Phi) is 7.30. The summed E-state index contributed by atoms with van der Waals surface area (Å²) in [6.45, 7) is 4.71. The molecule has 0 fully saturated rings. The van der Waals surface area contributed by atoms with Crippen LogP contribution >= 0.6 is 0 Å². The molecule has 0 aliphatic rings. The van der Waals surface area contributed by atoms with Crippen LogP contribution in [0.25, 0.3) is 0 Å². The lowest BCUT2D eigenvalue weighted by atomic mass is 10.0. The van der Waals surface area contributed by atoms with Crippen LogP contribution in [0.4, 0.5) is 4.39 Å². The van der Waals surface area contributed by atoms with E-state index in [1.807, 2.05) is 44.2 Å². The fourth-order valence-electron chi connectivity index (χ4n) is 2.85. The van der Waals surface area contributed by atoms with Gasteiger partial charge < -0.3 is 15.7 Å². The van der Waals surface area contributed by atoms with E-state index in [2.05, 4.69) is 0 Å². The average Bonchev–Trinajstić information content (AvgIpc) is 2.62. The monoisotopic (exact) mass is 358 g/mol. The fourth-order valence-corrected chi connectivity index (χ4v) is 2.85. The summed E-state index contributed by atoms with van der Waals surface area (Å²) in [4.78, 5) is 14.4. The zero-order chi connectivity index (χ0) is 19.1. The predicted molar refractivity (Wildman–Crippen MR) is 101 cm³/mol. The molecule has 0 saturated heterocycles. The summed E-state index contributed by atoms with van der Waals surface area (Å²) >= 11 is 0. The van der Waals surface area contributed by atoms with Gasteiger partial charge in [0.1, 0.15) is 5.82 Å². The molecule has 0 aliphatic heterocycles. The second-order valence-corrected chi connectivity index (χ2v) is 6.98. The summed E-state index contributed by atoms with van der Waals surface area (Å²) in [5, 5.41) is 10.4. The molecule has 0 radical (unpaired) electrons. The summed E-state index contributed by atoms with van der Waals surface area (Å²) in [7, 11) is 0. The number of nitrogens with two attached hydrogens (primary N) is 1. The Balaban J connectivity index is 2.05. The molecule has 2 aromatic rings. The van der Waals surface area contributed by atoms with Gasteiger partial charge in [-0.2, -0.15) is 0 Å². The van der Waals surface area contributed by atoms with Crippen molar-refractivity contribution in [2.45, 2.75) is 32.4 Å². The number of halogens is 1. The van der Waals surface area contributed by atoms with E-state index in [1.165, 1.54) is 24.3 Å². The number of hydrogen-bond acceptors (Lipinski definition) is 3. The van der Waals surface area contributed by atoms with Crippen molar-refractivity contribution in [3.63, 3.8) is 0 Å². The van der Waals surface area contributed by atoms with E-state index >= 15 is 0 Å². The number of benzene rings is 2. The van der Waals surface area contributed by atoms with Gasteiger partial charge in [-0.3, -0.25) is 4.79 Å². The van der Waals surface area contributed by atoms with Crippen LogP contribution in [-0.2, 0) is 4.79 Å². The lowest BCUT2D eigenvalue weighted by molar-refractivity contribution is -0.133. The van der Waals surface area contributed by atoms with Crippen molar-refractivity contribution in [2.24, 2.45) is 11.7 Å². The first-order chi connectivity index (χ1) is 12.4. The number of carbonyl (C=O) groups excluding carboxylic acids is 1. The van der Waals surface area contributed by atoms with Gasteiger partial charge >= 0.3 is 0 Å². The molecule has 2 atom stereocenters. The second kappa shape index (κ2) is 9.46. The van der Waals surface area contributed by atoms with Crippen LogP contribution in [0, 0.1) is 11.7 Å². The standard InChI is InChI=1S/C21H27FN2O2/c1-15(2)13-24(14-20(25)17-8-10-18(22)11-9-17)21(26)12-19(23)16-6-4-3-5-7-16/h3-11,15,19-20,25H,12-14,23H2,1-2H3. The van der Waals surface area contributed by atoms with Crippen molar-refractivity contribution in [3.8, 4) is 0 Å². The number of aliphatic hydroxyl groups is 1. The molecule has 0 saturated carbocycles. The predicted octanol–water partition coefficient (Wildman–Crippen LogP) is 3.43.